The molecule has 11 heteroatoms. The van der Waals surface area contributed by atoms with Gasteiger partial charge in [0.25, 0.3) is 5.91 Å². The van der Waals surface area contributed by atoms with E-state index in [1.165, 1.54) is 23.4 Å². The van der Waals surface area contributed by atoms with Crippen molar-refractivity contribution in [3.8, 4) is 0 Å². The summed E-state index contributed by atoms with van der Waals surface area (Å²) in [5, 5.41) is 18.6. The number of rotatable bonds is 10. The topological polar surface area (TPSA) is 93.2 Å². The van der Waals surface area contributed by atoms with Crippen molar-refractivity contribution < 1.29 is 14.2 Å². The minimum Gasteiger partial charge on any atom is -0.390 e. The van der Waals surface area contributed by atoms with Gasteiger partial charge in [-0.25, -0.2) is 13.6 Å². The number of anilines is 1. The van der Waals surface area contributed by atoms with Crippen molar-refractivity contribution in [3.05, 3.63) is 58.8 Å². The number of carbonyl (C=O) groups is 1. The van der Waals surface area contributed by atoms with Crippen LogP contribution >= 0.6 is 25.7 Å². The highest BCUT2D eigenvalue weighted by Gasteiger charge is 2.29. The number of hydrogen-bond donors (Lipinski definition) is 3. The Bertz CT molecular complexity index is 989. The molecular weight excluding hydrogens is 484 g/mol. The summed E-state index contributed by atoms with van der Waals surface area (Å²) in [6.45, 7) is 5.83. The fourth-order valence-electron chi connectivity index (χ4n) is 4.14. The molecule has 9 nitrogen and oxygen atoms in total. The SMILES string of the molecule is Cc1cnc(NC2CN(OSN(C)C)C2)cc1C(=O)NCC(O)CN1CCc2ccccc2C1.S. The number of fused-ring (bicyclic) bond motifs is 1. The first-order valence-corrected chi connectivity index (χ1v) is 12.3. The number of benzene rings is 1. The number of amides is 1. The van der Waals surface area contributed by atoms with Crippen molar-refractivity contribution in [2.45, 2.75) is 32.0 Å². The van der Waals surface area contributed by atoms with Gasteiger partial charge in [-0.2, -0.15) is 18.6 Å². The fraction of sp³-hybridized carbons (Fsp3) is 0.500. The summed E-state index contributed by atoms with van der Waals surface area (Å²) in [5.41, 5.74) is 4.06. The number of aryl methyl sites for hydroxylation is 1. The van der Waals surface area contributed by atoms with E-state index in [1.54, 1.807) is 12.3 Å². The molecule has 2 aliphatic heterocycles. The van der Waals surface area contributed by atoms with Crippen molar-refractivity contribution >= 4 is 37.4 Å². The molecule has 1 aromatic heterocycles. The highest BCUT2D eigenvalue weighted by molar-refractivity contribution is 7.92. The molecule has 0 radical (unpaired) electrons. The van der Waals surface area contributed by atoms with Crippen LogP contribution < -0.4 is 10.6 Å². The van der Waals surface area contributed by atoms with E-state index in [-0.39, 0.29) is 32.0 Å². The van der Waals surface area contributed by atoms with Gasteiger partial charge in [-0.15, -0.1) is 0 Å². The average Bonchev–Trinajstić information content (AvgIpc) is 2.79. The Morgan fingerprint density at radius 2 is 2.06 bits per heavy atom. The van der Waals surface area contributed by atoms with Gasteiger partial charge >= 0.3 is 0 Å². The summed E-state index contributed by atoms with van der Waals surface area (Å²) in [7, 11) is 3.85. The maximum atomic E-state index is 12.8. The number of aromatic nitrogens is 1. The molecule has 3 heterocycles. The number of hydroxylamine groups is 2. The molecule has 1 amide bonds. The smallest absolute Gasteiger partial charge is 0.251 e. The monoisotopic (exact) mass is 520 g/mol. The van der Waals surface area contributed by atoms with Gasteiger partial charge in [0.15, 0.2) is 0 Å². The second-order valence-corrected chi connectivity index (χ2v) is 10.2. The molecule has 192 valence electrons. The number of carbonyl (C=O) groups excluding carboxylic acids is 1. The third-order valence-corrected chi connectivity index (χ3v) is 6.59. The van der Waals surface area contributed by atoms with E-state index in [0.717, 1.165) is 38.2 Å². The quantitative estimate of drug-likeness (QED) is 0.320. The van der Waals surface area contributed by atoms with Crippen LogP contribution in [0.5, 0.6) is 0 Å². The number of nitrogens with zero attached hydrogens (tertiary/aromatic N) is 4. The highest BCUT2D eigenvalue weighted by Crippen LogP contribution is 2.21. The summed E-state index contributed by atoms with van der Waals surface area (Å²) in [6.07, 6.45) is 2.06. The third-order valence-electron chi connectivity index (χ3n) is 6.01. The van der Waals surface area contributed by atoms with Gasteiger partial charge in [0.1, 0.15) is 18.0 Å². The van der Waals surface area contributed by atoms with Crippen molar-refractivity contribution in [3.63, 3.8) is 0 Å². The summed E-state index contributed by atoms with van der Waals surface area (Å²) >= 11 is 1.29. The van der Waals surface area contributed by atoms with Crippen LogP contribution in [0.2, 0.25) is 0 Å². The van der Waals surface area contributed by atoms with E-state index in [0.29, 0.717) is 17.9 Å². The van der Waals surface area contributed by atoms with Crippen molar-refractivity contribution in [2.24, 2.45) is 0 Å². The Morgan fingerprint density at radius 1 is 1.31 bits per heavy atom. The number of β-amino-alcohol motifs (C(OH)–C–C–N with tert-alkyl or cyclic N) is 1. The molecule has 0 aliphatic carbocycles. The van der Waals surface area contributed by atoms with Crippen molar-refractivity contribution in [2.75, 3.05) is 52.1 Å². The molecular formula is C24H36N6O3S2. The third kappa shape index (κ3) is 7.81. The summed E-state index contributed by atoms with van der Waals surface area (Å²) in [6, 6.07) is 10.4. The first-order chi connectivity index (χ1) is 16.4. The van der Waals surface area contributed by atoms with Gasteiger partial charge in [0.05, 0.1) is 12.1 Å². The summed E-state index contributed by atoms with van der Waals surface area (Å²) in [5.74, 6) is 0.458. The zero-order valence-corrected chi connectivity index (χ0v) is 22.3. The zero-order chi connectivity index (χ0) is 24.1. The van der Waals surface area contributed by atoms with Crippen LogP contribution in [0.25, 0.3) is 0 Å². The predicted octanol–water partition coefficient (Wildman–Crippen LogP) is 1.80. The molecule has 1 saturated heterocycles. The van der Waals surface area contributed by atoms with Gasteiger partial charge in [-0.05, 0) is 50.2 Å². The Morgan fingerprint density at radius 3 is 2.80 bits per heavy atom. The van der Waals surface area contributed by atoms with E-state index in [9.17, 15) is 9.90 Å². The first kappa shape index (κ1) is 27.7. The Balaban J connectivity index is 0.00000342. The fourth-order valence-corrected chi connectivity index (χ4v) is 4.49. The molecule has 0 spiro atoms. The van der Waals surface area contributed by atoms with E-state index in [4.69, 9.17) is 4.28 Å². The molecule has 1 atom stereocenters. The standard InChI is InChI=1S/C24H34N6O3S.H2S/c1-17-11-25-23(27-20-14-30(15-20)33-34-28(2)3)10-22(17)24(32)26-12-21(31)16-29-9-8-18-6-4-5-7-19(18)13-29;/h4-7,10-11,20-21,31H,8-9,12-16H2,1-3H3,(H,25,27)(H,26,32);1H2. The van der Waals surface area contributed by atoms with E-state index in [1.807, 2.05) is 30.4 Å². The molecule has 0 saturated carbocycles. The molecule has 1 fully saturated rings. The minimum atomic E-state index is -0.630. The maximum absolute atomic E-state index is 12.8. The molecule has 1 unspecified atom stereocenters. The lowest BCUT2D eigenvalue weighted by atomic mass is 10.00. The Hall–Kier alpha value is -1.86. The van der Waals surface area contributed by atoms with Crippen LogP contribution in [0.15, 0.2) is 36.5 Å². The molecule has 2 aliphatic rings. The second kappa shape index (κ2) is 12.9. The molecule has 35 heavy (non-hydrogen) atoms. The van der Waals surface area contributed by atoms with Crippen molar-refractivity contribution in [1.82, 2.24) is 24.6 Å². The van der Waals surface area contributed by atoms with Crippen LogP contribution in [0.4, 0.5) is 5.82 Å². The molecule has 0 bridgehead atoms. The summed E-state index contributed by atoms with van der Waals surface area (Å²) < 4.78 is 7.42. The lowest BCUT2D eigenvalue weighted by Gasteiger charge is -2.37. The van der Waals surface area contributed by atoms with E-state index < -0.39 is 6.10 Å². The van der Waals surface area contributed by atoms with Crippen molar-refractivity contribution in [1.29, 1.82) is 0 Å². The lowest BCUT2D eigenvalue weighted by Crippen LogP contribution is -2.53. The largest absolute Gasteiger partial charge is 0.390 e. The van der Waals surface area contributed by atoms with Crippen LogP contribution in [0.1, 0.15) is 27.0 Å². The summed E-state index contributed by atoms with van der Waals surface area (Å²) in [4.78, 5) is 19.5. The predicted molar refractivity (Wildman–Crippen MR) is 144 cm³/mol. The van der Waals surface area contributed by atoms with E-state index >= 15 is 0 Å². The zero-order valence-electron chi connectivity index (χ0n) is 20.5. The van der Waals surface area contributed by atoms with Gasteiger partial charge in [-0.1, -0.05) is 24.3 Å². The van der Waals surface area contributed by atoms with Crippen LogP contribution in [-0.2, 0) is 17.2 Å². The molecule has 3 N–H and O–H groups in total. The van der Waals surface area contributed by atoms with Crippen LogP contribution in [0, 0.1) is 6.92 Å². The first-order valence-electron chi connectivity index (χ1n) is 11.6. The van der Waals surface area contributed by atoms with Gasteiger partial charge < -0.3 is 15.7 Å². The number of aliphatic hydroxyl groups excluding tert-OH is 1. The van der Waals surface area contributed by atoms with Gasteiger partial charge in [-0.3, -0.25) is 9.69 Å². The minimum absolute atomic E-state index is 0. The lowest BCUT2D eigenvalue weighted by molar-refractivity contribution is -0.0991. The maximum Gasteiger partial charge on any atom is 0.251 e. The number of aliphatic hydroxyl groups is 1. The molecule has 1 aromatic carbocycles. The van der Waals surface area contributed by atoms with Gasteiger partial charge in [0.2, 0.25) is 0 Å². The van der Waals surface area contributed by atoms with E-state index in [2.05, 4.69) is 44.8 Å². The van der Waals surface area contributed by atoms with Crippen LogP contribution in [-0.4, -0.2) is 89.2 Å². The Kier molecular flexibility index (Phi) is 10.2. The van der Waals surface area contributed by atoms with Gasteiger partial charge in [0, 0.05) is 51.0 Å². The number of nitrogens with one attached hydrogen (secondary N) is 2. The molecule has 2 aromatic rings. The number of pyridine rings is 1. The average molecular weight is 521 g/mol. The van der Waals surface area contributed by atoms with Crippen LogP contribution in [0.3, 0.4) is 0 Å². The highest BCUT2D eigenvalue weighted by atomic mass is 32.2. The number of hydrogen-bond acceptors (Lipinski definition) is 9. The Labute approximate surface area is 219 Å². The normalized spacial score (nSPS) is 17.3. The molecule has 4 rings (SSSR count). The second-order valence-electron chi connectivity index (χ2n) is 9.15.